The topological polar surface area (TPSA) is 75.1 Å². The Balaban J connectivity index is 3.98. The Morgan fingerprint density at radius 1 is 1.00 bits per heavy atom. The van der Waals surface area contributed by atoms with Crippen molar-refractivity contribution < 1.29 is 9.53 Å². The van der Waals surface area contributed by atoms with E-state index in [1.54, 1.807) is 0 Å². The molecular formula is C17H27N3O2. The van der Waals surface area contributed by atoms with Crippen LogP contribution >= 0.6 is 0 Å². The molecule has 0 unspecified atom stereocenters. The third-order valence-corrected chi connectivity index (χ3v) is 3.16. The second kappa shape index (κ2) is 12.7. The zero-order valence-electron chi connectivity index (χ0n) is 14.1. The molecule has 0 amide bonds. The van der Waals surface area contributed by atoms with Crippen molar-refractivity contribution in [3.05, 3.63) is 45.4 Å². The van der Waals surface area contributed by atoms with Crippen molar-refractivity contribution in [3.63, 3.8) is 0 Å². The lowest BCUT2D eigenvalue weighted by Gasteiger charge is -2.02. The normalized spacial score (nSPS) is 12.8. The molecule has 0 fully saturated rings. The van der Waals surface area contributed by atoms with Crippen molar-refractivity contribution in [3.8, 4) is 0 Å². The highest BCUT2D eigenvalue weighted by atomic mass is 16.5. The Kier molecular flexibility index (Phi) is 11.6. The molecule has 122 valence electrons. The molecule has 5 heteroatoms. The molecule has 0 spiro atoms. The second-order valence-corrected chi connectivity index (χ2v) is 5.42. The first-order valence-corrected chi connectivity index (χ1v) is 7.56. The van der Waals surface area contributed by atoms with Crippen LogP contribution in [0.1, 0.15) is 53.4 Å². The molecule has 0 heterocycles. The van der Waals surface area contributed by atoms with E-state index in [0.29, 0.717) is 13.2 Å². The van der Waals surface area contributed by atoms with Gasteiger partial charge in [0.15, 0.2) is 0 Å². The van der Waals surface area contributed by atoms with Gasteiger partial charge in [0, 0.05) is 18.4 Å². The number of ether oxygens (including phenoxy) is 1. The SMILES string of the molecule is CC(=O)OC/C=C(\C)CC/C=C(\C)CC/C=C(\C)CN=[N+]=[N-]. The second-order valence-electron chi connectivity index (χ2n) is 5.42. The zero-order valence-corrected chi connectivity index (χ0v) is 14.1. The van der Waals surface area contributed by atoms with Gasteiger partial charge in [-0.05, 0) is 58.1 Å². The van der Waals surface area contributed by atoms with Crippen molar-refractivity contribution in [1.29, 1.82) is 0 Å². The molecule has 0 N–H and O–H groups in total. The van der Waals surface area contributed by atoms with Gasteiger partial charge in [0.1, 0.15) is 6.61 Å². The highest BCUT2D eigenvalue weighted by Gasteiger charge is 1.94. The third kappa shape index (κ3) is 13.0. The lowest BCUT2D eigenvalue weighted by molar-refractivity contribution is -0.139. The van der Waals surface area contributed by atoms with Crippen molar-refractivity contribution in [2.24, 2.45) is 5.11 Å². The van der Waals surface area contributed by atoms with Crippen LogP contribution in [0.15, 0.2) is 40.1 Å². The Labute approximate surface area is 133 Å². The van der Waals surface area contributed by atoms with E-state index in [0.717, 1.165) is 31.3 Å². The van der Waals surface area contributed by atoms with E-state index in [9.17, 15) is 4.79 Å². The molecule has 0 aliphatic heterocycles. The van der Waals surface area contributed by atoms with Gasteiger partial charge in [0.05, 0.1) is 0 Å². The van der Waals surface area contributed by atoms with E-state index in [-0.39, 0.29) is 5.97 Å². The predicted octanol–water partition coefficient (Wildman–Crippen LogP) is 5.26. The van der Waals surface area contributed by atoms with Crippen LogP contribution in [0.2, 0.25) is 0 Å². The van der Waals surface area contributed by atoms with Gasteiger partial charge in [-0.25, -0.2) is 0 Å². The van der Waals surface area contributed by atoms with E-state index in [2.05, 4.69) is 36.0 Å². The van der Waals surface area contributed by atoms with Crippen LogP contribution in [0.3, 0.4) is 0 Å². The maximum atomic E-state index is 10.6. The van der Waals surface area contributed by atoms with Crippen LogP contribution in [0.4, 0.5) is 0 Å². The number of azide groups is 1. The molecule has 0 aromatic heterocycles. The minimum atomic E-state index is -0.247. The monoisotopic (exact) mass is 305 g/mol. The predicted molar refractivity (Wildman–Crippen MR) is 90.4 cm³/mol. The molecule has 0 atom stereocenters. The van der Waals surface area contributed by atoms with Crippen LogP contribution in [0.5, 0.6) is 0 Å². The number of esters is 1. The first-order valence-electron chi connectivity index (χ1n) is 7.56. The van der Waals surface area contributed by atoms with Crippen molar-refractivity contribution in [1.82, 2.24) is 0 Å². The fourth-order valence-corrected chi connectivity index (χ4v) is 1.81. The lowest BCUT2D eigenvalue weighted by atomic mass is 10.1. The lowest BCUT2D eigenvalue weighted by Crippen LogP contribution is -1.98. The van der Waals surface area contributed by atoms with Gasteiger partial charge in [-0.3, -0.25) is 4.79 Å². The van der Waals surface area contributed by atoms with Gasteiger partial charge in [-0.1, -0.05) is 34.0 Å². The van der Waals surface area contributed by atoms with E-state index in [1.165, 1.54) is 18.1 Å². The summed E-state index contributed by atoms with van der Waals surface area (Å²) in [6.45, 7) is 8.39. The fourth-order valence-electron chi connectivity index (χ4n) is 1.81. The van der Waals surface area contributed by atoms with Crippen molar-refractivity contribution >= 4 is 5.97 Å². The van der Waals surface area contributed by atoms with Gasteiger partial charge in [0.25, 0.3) is 0 Å². The smallest absolute Gasteiger partial charge is 0.302 e. The molecule has 0 rings (SSSR count). The number of rotatable bonds is 10. The van der Waals surface area contributed by atoms with Crippen LogP contribution in [0.25, 0.3) is 10.4 Å². The Bertz CT molecular complexity index is 484. The maximum Gasteiger partial charge on any atom is 0.302 e. The molecule has 0 aromatic rings. The minimum absolute atomic E-state index is 0.247. The summed E-state index contributed by atoms with van der Waals surface area (Å²) in [5.41, 5.74) is 11.9. The highest BCUT2D eigenvalue weighted by Crippen LogP contribution is 2.11. The maximum absolute atomic E-state index is 10.6. The van der Waals surface area contributed by atoms with E-state index in [4.69, 9.17) is 10.3 Å². The summed E-state index contributed by atoms with van der Waals surface area (Å²) < 4.78 is 4.88. The van der Waals surface area contributed by atoms with Crippen LogP contribution in [-0.2, 0) is 9.53 Å². The van der Waals surface area contributed by atoms with Crippen molar-refractivity contribution in [2.75, 3.05) is 13.2 Å². The van der Waals surface area contributed by atoms with Gasteiger partial charge in [-0.2, -0.15) is 0 Å². The summed E-state index contributed by atoms with van der Waals surface area (Å²) in [6, 6.07) is 0. The Morgan fingerprint density at radius 2 is 1.55 bits per heavy atom. The average molecular weight is 305 g/mol. The van der Waals surface area contributed by atoms with Gasteiger partial charge < -0.3 is 4.74 Å². The van der Waals surface area contributed by atoms with Crippen LogP contribution in [0, 0.1) is 0 Å². The zero-order chi connectivity index (χ0) is 16.8. The number of carbonyl (C=O) groups is 1. The number of hydrogen-bond acceptors (Lipinski definition) is 3. The third-order valence-electron chi connectivity index (χ3n) is 3.16. The van der Waals surface area contributed by atoms with E-state index >= 15 is 0 Å². The van der Waals surface area contributed by atoms with E-state index in [1.807, 2.05) is 13.0 Å². The Morgan fingerprint density at radius 3 is 2.09 bits per heavy atom. The molecule has 22 heavy (non-hydrogen) atoms. The molecule has 5 nitrogen and oxygen atoms in total. The first-order chi connectivity index (χ1) is 10.5. The number of hydrogen-bond donors (Lipinski definition) is 0. The molecule has 0 saturated carbocycles. The van der Waals surface area contributed by atoms with Gasteiger partial charge in [-0.15, -0.1) is 0 Å². The standard InChI is InChI=1S/C17H27N3O2/c1-14(8-6-10-16(3)13-19-20-18)7-5-9-15(2)11-12-22-17(4)21/h7,10-11H,5-6,8-9,12-13H2,1-4H3/b14-7+,15-11+,16-10+. The molecule has 0 aliphatic carbocycles. The summed E-state index contributed by atoms with van der Waals surface area (Å²) in [4.78, 5) is 13.4. The fraction of sp³-hybridized carbons (Fsp3) is 0.588. The molecule has 0 radical (unpaired) electrons. The Hall–Kier alpha value is -2.00. The minimum Gasteiger partial charge on any atom is -0.462 e. The summed E-state index contributed by atoms with van der Waals surface area (Å²) in [6.07, 6.45) is 10.3. The molecule has 0 saturated heterocycles. The summed E-state index contributed by atoms with van der Waals surface area (Å²) in [5.74, 6) is -0.247. The number of nitrogens with zero attached hydrogens (tertiary/aromatic N) is 3. The molecule has 0 aromatic carbocycles. The van der Waals surface area contributed by atoms with Gasteiger partial charge >= 0.3 is 5.97 Å². The molecule has 0 aliphatic rings. The molecule has 0 bridgehead atoms. The summed E-state index contributed by atoms with van der Waals surface area (Å²) in [5, 5.41) is 3.53. The average Bonchev–Trinajstić information content (AvgIpc) is 2.44. The highest BCUT2D eigenvalue weighted by molar-refractivity contribution is 5.66. The number of carbonyl (C=O) groups excluding carboxylic acids is 1. The number of allylic oxidation sites excluding steroid dienone is 4. The van der Waals surface area contributed by atoms with E-state index < -0.39 is 0 Å². The molecular weight excluding hydrogens is 278 g/mol. The first kappa shape index (κ1) is 20.0. The van der Waals surface area contributed by atoms with Crippen LogP contribution in [-0.4, -0.2) is 19.1 Å². The van der Waals surface area contributed by atoms with Gasteiger partial charge in [0.2, 0.25) is 0 Å². The summed E-state index contributed by atoms with van der Waals surface area (Å²) in [7, 11) is 0. The largest absolute Gasteiger partial charge is 0.462 e. The quantitative estimate of drug-likeness (QED) is 0.181. The van der Waals surface area contributed by atoms with Crippen molar-refractivity contribution in [2.45, 2.75) is 53.4 Å². The summed E-state index contributed by atoms with van der Waals surface area (Å²) >= 11 is 0. The van der Waals surface area contributed by atoms with Crippen LogP contribution < -0.4 is 0 Å².